The number of alkyl halides is 1. The Balaban J connectivity index is 2.55. The summed E-state index contributed by atoms with van der Waals surface area (Å²) in [5.41, 5.74) is 0.375. The molecule has 0 aliphatic carbocycles. The van der Waals surface area contributed by atoms with Crippen molar-refractivity contribution in [3.8, 4) is 0 Å². The van der Waals surface area contributed by atoms with Gasteiger partial charge in [-0.25, -0.2) is 0 Å². The van der Waals surface area contributed by atoms with Crippen molar-refractivity contribution in [1.82, 2.24) is 14.9 Å². The van der Waals surface area contributed by atoms with Crippen molar-refractivity contribution < 1.29 is 4.79 Å². The minimum Gasteiger partial charge on any atom is -0.348 e. The molecule has 84 valence electrons. The molecule has 0 fully saturated rings. The fourth-order valence-corrected chi connectivity index (χ4v) is 1.87. The van der Waals surface area contributed by atoms with Crippen molar-refractivity contribution in [3.63, 3.8) is 0 Å². The predicted molar refractivity (Wildman–Crippen MR) is 61.3 cm³/mol. The lowest BCUT2D eigenvalue weighted by atomic mass is 10.0. The van der Waals surface area contributed by atoms with Gasteiger partial charge in [0.1, 0.15) is 0 Å². The summed E-state index contributed by atoms with van der Waals surface area (Å²) < 4.78 is 3.65. The number of amides is 1. The molecular weight excluding hydrogens is 234 g/mol. The van der Waals surface area contributed by atoms with E-state index in [1.54, 1.807) is 5.38 Å². The fraction of sp³-hybridized carbons (Fsp3) is 0.667. The Morgan fingerprint density at radius 1 is 1.67 bits per heavy atom. The highest BCUT2D eigenvalue weighted by Gasteiger charge is 2.17. The van der Waals surface area contributed by atoms with Crippen LogP contribution in [0.3, 0.4) is 0 Å². The maximum Gasteiger partial charge on any atom is 0.272 e. The molecule has 0 bridgehead atoms. The van der Waals surface area contributed by atoms with Gasteiger partial charge in [-0.2, -0.15) is 0 Å². The third-order valence-corrected chi connectivity index (χ3v) is 2.86. The average Bonchev–Trinajstić information content (AvgIpc) is 2.69. The number of nitrogens with zero attached hydrogens (tertiary/aromatic N) is 2. The van der Waals surface area contributed by atoms with E-state index in [2.05, 4.69) is 28.8 Å². The van der Waals surface area contributed by atoms with Gasteiger partial charge in [-0.1, -0.05) is 18.3 Å². The van der Waals surface area contributed by atoms with E-state index in [9.17, 15) is 4.79 Å². The van der Waals surface area contributed by atoms with E-state index >= 15 is 0 Å². The molecule has 1 atom stereocenters. The molecule has 0 spiro atoms. The first-order chi connectivity index (χ1) is 7.15. The minimum atomic E-state index is -0.174. The zero-order valence-electron chi connectivity index (χ0n) is 8.74. The standard InChI is InChI=1S/C9H14ClN3OS/c1-6(2)7(3-4-10)11-9(14)8-5-15-13-12-8/h5-7H,3-4H2,1-2H3,(H,11,14). The Bertz CT molecular complexity index is 302. The molecule has 6 heteroatoms. The monoisotopic (exact) mass is 247 g/mol. The van der Waals surface area contributed by atoms with Gasteiger partial charge in [0.05, 0.1) is 0 Å². The van der Waals surface area contributed by atoms with Gasteiger partial charge in [-0.15, -0.1) is 16.7 Å². The van der Waals surface area contributed by atoms with Crippen molar-refractivity contribution >= 4 is 29.0 Å². The topological polar surface area (TPSA) is 54.9 Å². The van der Waals surface area contributed by atoms with Crippen LogP contribution in [0.25, 0.3) is 0 Å². The molecule has 0 saturated carbocycles. The Kier molecular flexibility index (Phi) is 4.98. The van der Waals surface area contributed by atoms with Crippen molar-refractivity contribution in [3.05, 3.63) is 11.1 Å². The van der Waals surface area contributed by atoms with Crippen molar-refractivity contribution in [2.24, 2.45) is 5.92 Å². The first kappa shape index (κ1) is 12.4. The fourth-order valence-electron chi connectivity index (χ4n) is 1.20. The Hall–Kier alpha value is -0.680. The van der Waals surface area contributed by atoms with E-state index in [-0.39, 0.29) is 11.9 Å². The SMILES string of the molecule is CC(C)C(CCCl)NC(=O)c1csnn1. The lowest BCUT2D eigenvalue weighted by Crippen LogP contribution is -2.39. The summed E-state index contributed by atoms with van der Waals surface area (Å²) in [5.74, 6) is 0.727. The van der Waals surface area contributed by atoms with Crippen LogP contribution < -0.4 is 5.32 Å². The van der Waals surface area contributed by atoms with Crippen LogP contribution in [0.4, 0.5) is 0 Å². The summed E-state index contributed by atoms with van der Waals surface area (Å²) >= 11 is 6.84. The second-order valence-corrected chi connectivity index (χ2v) is 4.58. The third-order valence-electron chi connectivity index (χ3n) is 2.13. The van der Waals surface area contributed by atoms with E-state index in [0.29, 0.717) is 17.5 Å². The van der Waals surface area contributed by atoms with Gasteiger partial charge < -0.3 is 5.32 Å². The molecule has 0 radical (unpaired) electrons. The van der Waals surface area contributed by atoms with Gasteiger partial charge in [0.15, 0.2) is 5.69 Å². The van der Waals surface area contributed by atoms with E-state index in [4.69, 9.17) is 11.6 Å². The van der Waals surface area contributed by atoms with Gasteiger partial charge in [0.25, 0.3) is 5.91 Å². The summed E-state index contributed by atoms with van der Waals surface area (Å²) in [5, 5.41) is 8.25. The first-order valence-corrected chi connectivity index (χ1v) is 6.16. The van der Waals surface area contributed by atoms with Crippen LogP contribution in [0, 0.1) is 5.92 Å². The molecule has 1 aromatic rings. The molecule has 1 amide bonds. The van der Waals surface area contributed by atoms with Crippen LogP contribution >= 0.6 is 23.1 Å². The van der Waals surface area contributed by atoms with Gasteiger partial charge >= 0.3 is 0 Å². The smallest absolute Gasteiger partial charge is 0.272 e. The maximum atomic E-state index is 11.6. The highest BCUT2D eigenvalue weighted by atomic mass is 35.5. The lowest BCUT2D eigenvalue weighted by molar-refractivity contribution is 0.0920. The molecule has 1 aromatic heterocycles. The van der Waals surface area contributed by atoms with Crippen LogP contribution in [-0.4, -0.2) is 27.4 Å². The summed E-state index contributed by atoms with van der Waals surface area (Å²) in [6.45, 7) is 4.10. The van der Waals surface area contributed by atoms with Gasteiger partial charge in [0.2, 0.25) is 0 Å². The molecule has 1 rings (SSSR count). The van der Waals surface area contributed by atoms with Crippen molar-refractivity contribution in [2.75, 3.05) is 5.88 Å². The van der Waals surface area contributed by atoms with Crippen molar-refractivity contribution in [1.29, 1.82) is 0 Å². The normalized spacial score (nSPS) is 12.8. The highest BCUT2D eigenvalue weighted by Crippen LogP contribution is 2.08. The largest absolute Gasteiger partial charge is 0.348 e. The number of hydrogen-bond donors (Lipinski definition) is 1. The Morgan fingerprint density at radius 3 is 2.87 bits per heavy atom. The average molecular weight is 248 g/mol. The summed E-state index contributed by atoms with van der Waals surface area (Å²) in [6.07, 6.45) is 0.766. The molecule has 4 nitrogen and oxygen atoms in total. The van der Waals surface area contributed by atoms with E-state index in [1.165, 1.54) is 11.5 Å². The van der Waals surface area contributed by atoms with E-state index in [1.807, 2.05) is 0 Å². The van der Waals surface area contributed by atoms with E-state index < -0.39 is 0 Å². The number of rotatable bonds is 5. The number of carbonyl (C=O) groups is 1. The van der Waals surface area contributed by atoms with Gasteiger partial charge in [0, 0.05) is 17.3 Å². The highest BCUT2D eigenvalue weighted by molar-refractivity contribution is 7.03. The number of aromatic nitrogens is 2. The van der Waals surface area contributed by atoms with Crippen LogP contribution in [0.5, 0.6) is 0 Å². The molecular formula is C9H14ClN3OS. The van der Waals surface area contributed by atoms with Gasteiger partial charge in [-0.05, 0) is 23.9 Å². The second-order valence-electron chi connectivity index (χ2n) is 3.59. The molecule has 1 N–H and O–H groups in total. The molecule has 15 heavy (non-hydrogen) atoms. The molecule has 1 unspecified atom stereocenters. The first-order valence-electron chi connectivity index (χ1n) is 4.79. The molecule has 0 saturated heterocycles. The van der Waals surface area contributed by atoms with E-state index in [0.717, 1.165) is 6.42 Å². The van der Waals surface area contributed by atoms with Crippen LogP contribution in [0.15, 0.2) is 5.38 Å². The summed E-state index contributed by atoms with van der Waals surface area (Å²) in [6, 6.07) is 0.0942. The summed E-state index contributed by atoms with van der Waals surface area (Å²) in [7, 11) is 0. The number of halogens is 1. The predicted octanol–water partition coefficient (Wildman–Crippen LogP) is 1.92. The van der Waals surface area contributed by atoms with Crippen molar-refractivity contribution in [2.45, 2.75) is 26.3 Å². The third kappa shape index (κ3) is 3.76. The summed E-state index contributed by atoms with van der Waals surface area (Å²) in [4.78, 5) is 11.6. The minimum absolute atomic E-state index is 0.0942. The maximum absolute atomic E-state index is 11.6. The molecule has 0 aromatic carbocycles. The van der Waals surface area contributed by atoms with Crippen LogP contribution in [0.1, 0.15) is 30.8 Å². The van der Waals surface area contributed by atoms with Gasteiger partial charge in [-0.3, -0.25) is 4.79 Å². The zero-order chi connectivity index (χ0) is 11.3. The number of nitrogens with one attached hydrogen (secondary N) is 1. The molecule has 0 aliphatic rings. The number of hydrogen-bond acceptors (Lipinski definition) is 4. The molecule has 0 aliphatic heterocycles. The lowest BCUT2D eigenvalue weighted by Gasteiger charge is -2.20. The Labute approximate surface area is 98.2 Å². The number of carbonyl (C=O) groups excluding carboxylic acids is 1. The second kappa shape index (κ2) is 6.02. The van der Waals surface area contributed by atoms with Crippen LogP contribution in [0.2, 0.25) is 0 Å². The Morgan fingerprint density at radius 2 is 2.40 bits per heavy atom. The van der Waals surface area contributed by atoms with Crippen LogP contribution in [-0.2, 0) is 0 Å². The zero-order valence-corrected chi connectivity index (χ0v) is 10.3. The molecule has 1 heterocycles. The quantitative estimate of drug-likeness (QED) is 0.809.